The Balaban J connectivity index is 0.00000256. The van der Waals surface area contributed by atoms with Gasteiger partial charge in [0.05, 0.1) is 5.56 Å². The minimum absolute atomic E-state index is 0. The summed E-state index contributed by atoms with van der Waals surface area (Å²) in [6.07, 6.45) is -3.62. The predicted octanol–water partition coefficient (Wildman–Crippen LogP) is 4.17. The first-order chi connectivity index (χ1) is 7.30. The van der Waals surface area contributed by atoms with Crippen molar-refractivity contribution in [3.05, 3.63) is 35.4 Å². The van der Waals surface area contributed by atoms with Gasteiger partial charge < -0.3 is 5.73 Å². The van der Waals surface area contributed by atoms with Crippen LogP contribution in [-0.2, 0) is 6.18 Å². The number of benzene rings is 1. The summed E-state index contributed by atoms with van der Waals surface area (Å²) in [5.74, 6) is 0.365. The number of hydrogen-bond acceptors (Lipinski definition) is 1. The van der Waals surface area contributed by atoms with E-state index in [-0.39, 0.29) is 18.4 Å². The van der Waals surface area contributed by atoms with Gasteiger partial charge in [0.2, 0.25) is 0 Å². The van der Waals surface area contributed by atoms with Crippen LogP contribution in [0.25, 0.3) is 0 Å². The van der Waals surface area contributed by atoms with Crippen LogP contribution in [-0.4, -0.2) is 0 Å². The van der Waals surface area contributed by atoms with Crippen LogP contribution in [0.1, 0.15) is 37.4 Å². The smallest absolute Gasteiger partial charge is 0.324 e. The fourth-order valence-corrected chi connectivity index (χ4v) is 1.59. The topological polar surface area (TPSA) is 26.0 Å². The lowest BCUT2D eigenvalue weighted by Crippen LogP contribution is -2.14. The lowest BCUT2D eigenvalue weighted by molar-refractivity contribution is -0.137. The van der Waals surface area contributed by atoms with E-state index >= 15 is 0 Å². The number of nitrogens with two attached hydrogens (primary N) is 1. The monoisotopic (exact) mass is 267 g/mol. The lowest BCUT2D eigenvalue weighted by atomic mass is 9.96. The molecule has 0 bridgehead atoms. The van der Waals surface area contributed by atoms with E-state index in [0.29, 0.717) is 17.9 Å². The van der Waals surface area contributed by atoms with Gasteiger partial charge in [0.1, 0.15) is 0 Å². The third-order valence-corrected chi connectivity index (χ3v) is 2.37. The van der Waals surface area contributed by atoms with Gasteiger partial charge >= 0.3 is 6.18 Å². The molecular formula is C12H17ClF3N. The fourth-order valence-electron chi connectivity index (χ4n) is 1.59. The molecule has 0 aliphatic rings. The van der Waals surface area contributed by atoms with Crippen molar-refractivity contribution in [1.29, 1.82) is 0 Å². The Hall–Kier alpha value is -0.740. The Kier molecular flexibility index (Phi) is 5.99. The van der Waals surface area contributed by atoms with Gasteiger partial charge in [-0.15, -0.1) is 12.4 Å². The molecule has 5 heteroatoms. The standard InChI is InChI=1S/C12H16F3N.ClH/c1-8(2)6-11(16)9-4-3-5-10(7-9)12(13,14)15;/h3-5,7-8,11H,6,16H2,1-2H3;1H/t11-;/m0./s1. The molecule has 1 rings (SSSR count). The van der Waals surface area contributed by atoms with Crippen LogP contribution in [0.5, 0.6) is 0 Å². The van der Waals surface area contributed by atoms with E-state index in [9.17, 15) is 13.2 Å². The second kappa shape index (κ2) is 6.26. The Bertz CT molecular complexity index is 350. The third kappa shape index (κ3) is 4.96. The van der Waals surface area contributed by atoms with Gasteiger partial charge in [-0.2, -0.15) is 13.2 Å². The molecule has 1 aromatic rings. The van der Waals surface area contributed by atoms with Gasteiger partial charge in [0.15, 0.2) is 0 Å². The number of rotatable bonds is 3. The van der Waals surface area contributed by atoms with Crippen molar-refractivity contribution >= 4 is 12.4 Å². The van der Waals surface area contributed by atoms with Crippen LogP contribution in [0.3, 0.4) is 0 Å². The van der Waals surface area contributed by atoms with Crippen LogP contribution >= 0.6 is 12.4 Å². The van der Waals surface area contributed by atoms with E-state index in [0.717, 1.165) is 12.1 Å². The maximum Gasteiger partial charge on any atom is 0.416 e. The summed E-state index contributed by atoms with van der Waals surface area (Å²) in [4.78, 5) is 0. The van der Waals surface area contributed by atoms with Crippen molar-refractivity contribution in [3.63, 3.8) is 0 Å². The van der Waals surface area contributed by atoms with E-state index in [1.54, 1.807) is 6.07 Å². The van der Waals surface area contributed by atoms with Gasteiger partial charge in [0, 0.05) is 6.04 Å². The van der Waals surface area contributed by atoms with Crippen LogP contribution in [0, 0.1) is 5.92 Å². The average molecular weight is 268 g/mol. The maximum atomic E-state index is 12.5. The Morgan fingerprint density at radius 2 is 1.82 bits per heavy atom. The maximum absolute atomic E-state index is 12.5. The highest BCUT2D eigenvalue weighted by Gasteiger charge is 2.30. The molecular weight excluding hydrogens is 251 g/mol. The zero-order valence-corrected chi connectivity index (χ0v) is 10.6. The zero-order chi connectivity index (χ0) is 12.3. The van der Waals surface area contributed by atoms with Crippen molar-refractivity contribution in [2.45, 2.75) is 32.5 Å². The largest absolute Gasteiger partial charge is 0.416 e. The Morgan fingerprint density at radius 1 is 1.24 bits per heavy atom. The molecule has 0 aliphatic heterocycles. The van der Waals surface area contributed by atoms with Crippen LogP contribution in [0.15, 0.2) is 24.3 Å². The molecule has 0 saturated carbocycles. The van der Waals surface area contributed by atoms with E-state index in [1.807, 2.05) is 13.8 Å². The van der Waals surface area contributed by atoms with Crippen molar-refractivity contribution in [2.75, 3.05) is 0 Å². The molecule has 1 atom stereocenters. The predicted molar refractivity (Wildman–Crippen MR) is 65.1 cm³/mol. The second-order valence-electron chi connectivity index (χ2n) is 4.36. The van der Waals surface area contributed by atoms with Gasteiger partial charge in [-0.3, -0.25) is 0 Å². The molecule has 98 valence electrons. The highest BCUT2D eigenvalue weighted by atomic mass is 35.5. The van der Waals surface area contributed by atoms with E-state index in [1.165, 1.54) is 6.07 Å². The highest BCUT2D eigenvalue weighted by molar-refractivity contribution is 5.85. The molecule has 0 heterocycles. The molecule has 0 amide bonds. The van der Waals surface area contributed by atoms with E-state index in [4.69, 9.17) is 5.73 Å². The van der Waals surface area contributed by atoms with Crippen molar-refractivity contribution in [1.82, 2.24) is 0 Å². The number of alkyl halides is 3. The molecule has 1 aromatic carbocycles. The first-order valence-corrected chi connectivity index (χ1v) is 5.23. The average Bonchev–Trinajstić information content (AvgIpc) is 2.15. The van der Waals surface area contributed by atoms with Crippen molar-refractivity contribution < 1.29 is 13.2 Å². The molecule has 0 unspecified atom stereocenters. The van der Waals surface area contributed by atoms with Crippen molar-refractivity contribution in [3.8, 4) is 0 Å². The van der Waals surface area contributed by atoms with Gasteiger partial charge in [-0.05, 0) is 30.0 Å². The minimum Gasteiger partial charge on any atom is -0.324 e. The van der Waals surface area contributed by atoms with E-state index in [2.05, 4.69) is 0 Å². The van der Waals surface area contributed by atoms with Gasteiger partial charge in [-0.1, -0.05) is 26.0 Å². The lowest BCUT2D eigenvalue weighted by Gasteiger charge is -2.16. The summed E-state index contributed by atoms with van der Waals surface area (Å²) < 4.78 is 37.4. The SMILES string of the molecule is CC(C)C[C@H](N)c1cccc(C(F)(F)F)c1.Cl. The first-order valence-electron chi connectivity index (χ1n) is 5.23. The summed E-state index contributed by atoms with van der Waals surface area (Å²) in [6, 6.07) is 4.90. The van der Waals surface area contributed by atoms with Gasteiger partial charge in [-0.25, -0.2) is 0 Å². The molecule has 0 aliphatic carbocycles. The zero-order valence-electron chi connectivity index (χ0n) is 9.79. The number of halogens is 4. The first kappa shape index (κ1) is 16.3. The second-order valence-corrected chi connectivity index (χ2v) is 4.36. The van der Waals surface area contributed by atoms with Crippen LogP contribution in [0.2, 0.25) is 0 Å². The molecule has 2 N–H and O–H groups in total. The van der Waals surface area contributed by atoms with Crippen LogP contribution in [0.4, 0.5) is 13.2 Å². The summed E-state index contributed by atoms with van der Waals surface area (Å²) in [5, 5.41) is 0. The molecule has 17 heavy (non-hydrogen) atoms. The van der Waals surface area contributed by atoms with Crippen LogP contribution < -0.4 is 5.73 Å². The molecule has 1 nitrogen and oxygen atoms in total. The Labute approximate surface area is 106 Å². The number of hydrogen-bond donors (Lipinski definition) is 1. The summed E-state index contributed by atoms with van der Waals surface area (Å²) >= 11 is 0. The summed E-state index contributed by atoms with van der Waals surface area (Å²) in [5.41, 5.74) is 5.75. The molecule has 0 saturated heterocycles. The third-order valence-electron chi connectivity index (χ3n) is 2.37. The molecule has 0 fully saturated rings. The Morgan fingerprint density at radius 3 is 2.29 bits per heavy atom. The quantitative estimate of drug-likeness (QED) is 0.874. The van der Waals surface area contributed by atoms with Gasteiger partial charge in [0.25, 0.3) is 0 Å². The molecule has 0 radical (unpaired) electrons. The summed E-state index contributed by atoms with van der Waals surface area (Å²) in [7, 11) is 0. The van der Waals surface area contributed by atoms with E-state index < -0.39 is 11.7 Å². The normalized spacial score (nSPS) is 13.4. The minimum atomic E-state index is -4.30. The van der Waals surface area contributed by atoms with Crippen molar-refractivity contribution in [2.24, 2.45) is 11.7 Å². The summed E-state index contributed by atoms with van der Waals surface area (Å²) in [6.45, 7) is 3.99. The highest BCUT2D eigenvalue weighted by Crippen LogP contribution is 2.31. The fraction of sp³-hybridized carbons (Fsp3) is 0.500. The molecule has 0 spiro atoms. The molecule has 0 aromatic heterocycles.